The Morgan fingerprint density at radius 2 is 1.57 bits per heavy atom. The molecule has 0 aliphatic heterocycles. The number of nitrogens with one attached hydrogen (secondary N) is 1. The third-order valence-corrected chi connectivity index (χ3v) is 2.59. The SMILES string of the molecule is CCCOc1cccc(OCCC)c1NC(=O)CC(C)=O. The quantitative estimate of drug-likeness (QED) is 0.710. The number of benzene rings is 1. The van der Waals surface area contributed by atoms with E-state index in [0.29, 0.717) is 30.4 Å². The lowest BCUT2D eigenvalue weighted by molar-refractivity contribution is -0.124. The van der Waals surface area contributed by atoms with Gasteiger partial charge in [-0.2, -0.15) is 0 Å². The summed E-state index contributed by atoms with van der Waals surface area (Å²) in [7, 11) is 0. The molecule has 116 valence electrons. The van der Waals surface area contributed by atoms with Crippen molar-refractivity contribution in [2.75, 3.05) is 18.5 Å². The molecule has 0 aliphatic rings. The van der Waals surface area contributed by atoms with Crippen LogP contribution >= 0.6 is 0 Å². The summed E-state index contributed by atoms with van der Waals surface area (Å²) < 4.78 is 11.3. The molecule has 0 heterocycles. The Labute approximate surface area is 125 Å². The first kappa shape index (κ1) is 17.0. The molecule has 1 N–H and O–H groups in total. The molecule has 5 heteroatoms. The number of carbonyl (C=O) groups is 2. The van der Waals surface area contributed by atoms with Gasteiger partial charge in [-0.15, -0.1) is 0 Å². The van der Waals surface area contributed by atoms with Crippen molar-refractivity contribution >= 4 is 17.4 Å². The van der Waals surface area contributed by atoms with Gasteiger partial charge in [0.25, 0.3) is 0 Å². The predicted octanol–water partition coefficient (Wildman–Crippen LogP) is 3.18. The average Bonchev–Trinajstić information content (AvgIpc) is 2.43. The number of hydrogen-bond donors (Lipinski definition) is 1. The van der Waals surface area contributed by atoms with E-state index < -0.39 is 0 Å². The minimum atomic E-state index is -0.364. The first-order valence-corrected chi connectivity index (χ1v) is 7.26. The maximum Gasteiger partial charge on any atom is 0.232 e. The summed E-state index contributed by atoms with van der Waals surface area (Å²) in [6, 6.07) is 5.37. The number of carbonyl (C=O) groups excluding carboxylic acids is 2. The number of Topliss-reactive ketones (excluding diaryl/α,β-unsaturated/α-hetero) is 1. The Morgan fingerprint density at radius 3 is 2.00 bits per heavy atom. The molecule has 0 radical (unpaired) electrons. The first-order valence-electron chi connectivity index (χ1n) is 7.26. The third-order valence-electron chi connectivity index (χ3n) is 2.59. The number of anilines is 1. The van der Waals surface area contributed by atoms with E-state index in [0.717, 1.165) is 12.8 Å². The van der Waals surface area contributed by atoms with Gasteiger partial charge in [-0.1, -0.05) is 19.9 Å². The zero-order chi connectivity index (χ0) is 15.7. The van der Waals surface area contributed by atoms with Crippen LogP contribution in [0.25, 0.3) is 0 Å². The largest absolute Gasteiger partial charge is 0.491 e. The van der Waals surface area contributed by atoms with Crippen molar-refractivity contribution in [1.29, 1.82) is 0 Å². The smallest absolute Gasteiger partial charge is 0.232 e. The van der Waals surface area contributed by atoms with Crippen LogP contribution in [-0.2, 0) is 9.59 Å². The highest BCUT2D eigenvalue weighted by Gasteiger charge is 2.15. The van der Waals surface area contributed by atoms with Crippen molar-refractivity contribution in [3.05, 3.63) is 18.2 Å². The second-order valence-corrected chi connectivity index (χ2v) is 4.75. The van der Waals surface area contributed by atoms with Crippen molar-refractivity contribution in [2.45, 2.75) is 40.0 Å². The highest BCUT2D eigenvalue weighted by Crippen LogP contribution is 2.35. The molecular formula is C16H23NO4. The fourth-order valence-electron chi connectivity index (χ4n) is 1.71. The van der Waals surface area contributed by atoms with E-state index in [4.69, 9.17) is 9.47 Å². The van der Waals surface area contributed by atoms with E-state index in [1.807, 2.05) is 19.9 Å². The average molecular weight is 293 g/mol. The molecule has 0 unspecified atom stereocenters. The number of ether oxygens (including phenoxy) is 2. The van der Waals surface area contributed by atoms with E-state index in [-0.39, 0.29) is 18.1 Å². The van der Waals surface area contributed by atoms with Crippen LogP contribution in [0.3, 0.4) is 0 Å². The summed E-state index contributed by atoms with van der Waals surface area (Å²) in [6.45, 7) is 6.49. The van der Waals surface area contributed by atoms with Crippen LogP contribution in [0, 0.1) is 0 Å². The number of ketones is 1. The number of amides is 1. The van der Waals surface area contributed by atoms with Crippen LogP contribution < -0.4 is 14.8 Å². The van der Waals surface area contributed by atoms with Gasteiger partial charge in [0.05, 0.1) is 19.6 Å². The van der Waals surface area contributed by atoms with E-state index in [1.54, 1.807) is 12.1 Å². The molecule has 0 aromatic heterocycles. The molecule has 0 spiro atoms. The van der Waals surface area contributed by atoms with Crippen LogP contribution in [0.5, 0.6) is 11.5 Å². The topological polar surface area (TPSA) is 64.6 Å². The summed E-state index contributed by atoms with van der Waals surface area (Å²) >= 11 is 0. The second-order valence-electron chi connectivity index (χ2n) is 4.75. The fourth-order valence-corrected chi connectivity index (χ4v) is 1.71. The van der Waals surface area contributed by atoms with Crippen molar-refractivity contribution in [2.24, 2.45) is 0 Å². The van der Waals surface area contributed by atoms with Gasteiger partial charge >= 0.3 is 0 Å². The van der Waals surface area contributed by atoms with Crippen LogP contribution in [-0.4, -0.2) is 24.9 Å². The van der Waals surface area contributed by atoms with Crippen molar-refractivity contribution in [3.8, 4) is 11.5 Å². The summed E-state index contributed by atoms with van der Waals surface area (Å²) in [5.74, 6) is 0.566. The van der Waals surface area contributed by atoms with E-state index in [2.05, 4.69) is 5.32 Å². The minimum absolute atomic E-state index is 0.157. The molecule has 1 aromatic rings. The molecule has 0 saturated heterocycles. The molecular weight excluding hydrogens is 270 g/mol. The maximum atomic E-state index is 11.8. The maximum absolute atomic E-state index is 11.8. The normalized spacial score (nSPS) is 10.0. The van der Waals surface area contributed by atoms with Crippen molar-refractivity contribution in [1.82, 2.24) is 0 Å². The lowest BCUT2D eigenvalue weighted by atomic mass is 10.2. The molecule has 5 nitrogen and oxygen atoms in total. The van der Waals surface area contributed by atoms with Gasteiger partial charge in [0.1, 0.15) is 23.0 Å². The second kappa shape index (κ2) is 9.00. The Balaban J connectivity index is 2.96. The Bertz CT molecular complexity index is 459. The van der Waals surface area contributed by atoms with E-state index in [9.17, 15) is 9.59 Å². The molecule has 1 amide bonds. The predicted molar refractivity (Wildman–Crippen MR) is 81.9 cm³/mol. The van der Waals surface area contributed by atoms with E-state index in [1.165, 1.54) is 6.92 Å². The lowest BCUT2D eigenvalue weighted by Gasteiger charge is -2.16. The molecule has 0 atom stereocenters. The van der Waals surface area contributed by atoms with Crippen LogP contribution in [0.15, 0.2) is 18.2 Å². The lowest BCUT2D eigenvalue weighted by Crippen LogP contribution is -2.16. The van der Waals surface area contributed by atoms with Gasteiger partial charge in [0.2, 0.25) is 5.91 Å². The summed E-state index contributed by atoms with van der Waals surface area (Å²) in [4.78, 5) is 22.9. The minimum Gasteiger partial charge on any atom is -0.491 e. The van der Waals surface area contributed by atoms with Gasteiger partial charge < -0.3 is 14.8 Å². The van der Waals surface area contributed by atoms with Crippen LogP contribution in [0.4, 0.5) is 5.69 Å². The zero-order valence-corrected chi connectivity index (χ0v) is 12.9. The van der Waals surface area contributed by atoms with Crippen LogP contribution in [0.1, 0.15) is 40.0 Å². The fraction of sp³-hybridized carbons (Fsp3) is 0.500. The van der Waals surface area contributed by atoms with Gasteiger partial charge in [0, 0.05) is 0 Å². The molecule has 0 bridgehead atoms. The highest BCUT2D eigenvalue weighted by molar-refractivity contribution is 6.04. The van der Waals surface area contributed by atoms with Crippen molar-refractivity contribution in [3.63, 3.8) is 0 Å². The third kappa shape index (κ3) is 5.85. The molecule has 0 fully saturated rings. The molecule has 1 rings (SSSR count). The van der Waals surface area contributed by atoms with Gasteiger partial charge in [-0.25, -0.2) is 0 Å². The Morgan fingerprint density at radius 1 is 1.05 bits per heavy atom. The van der Waals surface area contributed by atoms with Gasteiger partial charge in [-0.3, -0.25) is 9.59 Å². The van der Waals surface area contributed by atoms with Gasteiger partial charge in [-0.05, 0) is 31.9 Å². The summed E-state index contributed by atoms with van der Waals surface area (Å²) in [5, 5.41) is 2.72. The van der Waals surface area contributed by atoms with Crippen LogP contribution in [0.2, 0.25) is 0 Å². The van der Waals surface area contributed by atoms with Crippen molar-refractivity contribution < 1.29 is 19.1 Å². The summed E-state index contributed by atoms with van der Waals surface area (Å²) in [6.07, 6.45) is 1.57. The zero-order valence-electron chi connectivity index (χ0n) is 12.9. The number of para-hydroxylation sites is 1. The molecule has 21 heavy (non-hydrogen) atoms. The Hall–Kier alpha value is -2.04. The number of hydrogen-bond acceptors (Lipinski definition) is 4. The van der Waals surface area contributed by atoms with E-state index >= 15 is 0 Å². The highest BCUT2D eigenvalue weighted by atomic mass is 16.5. The molecule has 0 aliphatic carbocycles. The molecule has 0 saturated carbocycles. The molecule has 1 aromatic carbocycles. The summed E-state index contributed by atoms with van der Waals surface area (Å²) in [5.41, 5.74) is 0.491. The number of rotatable bonds is 9. The first-order chi connectivity index (χ1) is 10.1. The Kier molecular flexibility index (Phi) is 7.29. The monoisotopic (exact) mass is 293 g/mol. The van der Waals surface area contributed by atoms with Gasteiger partial charge in [0.15, 0.2) is 0 Å². The standard InChI is InChI=1S/C16H23NO4/c1-4-9-20-13-7-6-8-14(21-10-5-2)16(13)17-15(19)11-12(3)18/h6-8H,4-5,9-11H2,1-3H3,(H,17,19).